The highest BCUT2D eigenvalue weighted by Crippen LogP contribution is 2.33. The summed E-state index contributed by atoms with van der Waals surface area (Å²) in [4.78, 5) is 12.9. The van der Waals surface area contributed by atoms with Gasteiger partial charge in [0.2, 0.25) is 0 Å². The molecule has 3 aromatic carbocycles. The summed E-state index contributed by atoms with van der Waals surface area (Å²) in [5.74, 6) is 0.679. The second-order valence-electron chi connectivity index (χ2n) is 7.61. The van der Waals surface area contributed by atoms with Crippen LogP contribution in [0.3, 0.4) is 0 Å². The van der Waals surface area contributed by atoms with E-state index in [2.05, 4.69) is 10.0 Å². The van der Waals surface area contributed by atoms with Crippen LogP contribution in [0.25, 0.3) is 10.9 Å². The lowest BCUT2D eigenvalue weighted by Crippen LogP contribution is -2.17. The molecule has 0 atom stereocenters. The highest BCUT2D eigenvalue weighted by atomic mass is 32.2. The number of carbonyl (C=O) groups is 1. The molecule has 2 N–H and O–H groups in total. The minimum absolute atomic E-state index is 0.0695. The quantitative estimate of drug-likeness (QED) is 0.466. The molecule has 33 heavy (non-hydrogen) atoms. The van der Waals surface area contributed by atoms with Crippen LogP contribution in [0, 0.1) is 0 Å². The van der Waals surface area contributed by atoms with Gasteiger partial charge in [-0.05, 0) is 42.5 Å². The topological polar surface area (TPSA) is 98.7 Å². The van der Waals surface area contributed by atoms with E-state index in [-0.39, 0.29) is 10.8 Å². The van der Waals surface area contributed by atoms with Crippen molar-refractivity contribution in [1.82, 2.24) is 4.57 Å². The van der Waals surface area contributed by atoms with Gasteiger partial charge in [-0.15, -0.1) is 0 Å². The Morgan fingerprint density at radius 1 is 0.909 bits per heavy atom. The maximum absolute atomic E-state index is 12.8. The fourth-order valence-electron chi connectivity index (χ4n) is 3.75. The second-order valence-corrected chi connectivity index (χ2v) is 9.30. The molecular formula is C24H21N3O5S. The Balaban J connectivity index is 1.31. The number of nitrogens with one attached hydrogen (secondary N) is 2. The smallest absolute Gasteiger partial charge is 0.262 e. The Bertz CT molecular complexity index is 1460. The Morgan fingerprint density at radius 3 is 2.39 bits per heavy atom. The highest BCUT2D eigenvalue weighted by Gasteiger charge is 2.20. The molecule has 9 heteroatoms. The van der Waals surface area contributed by atoms with Gasteiger partial charge < -0.3 is 19.4 Å². The molecule has 0 radical (unpaired) electrons. The Kier molecular flexibility index (Phi) is 5.18. The van der Waals surface area contributed by atoms with E-state index in [9.17, 15) is 13.2 Å². The minimum Gasteiger partial charge on any atom is -0.486 e. The fourth-order valence-corrected chi connectivity index (χ4v) is 4.82. The largest absolute Gasteiger partial charge is 0.486 e. The molecule has 0 unspecified atom stereocenters. The zero-order valence-electron chi connectivity index (χ0n) is 17.7. The molecule has 5 rings (SSSR count). The highest BCUT2D eigenvalue weighted by molar-refractivity contribution is 7.92. The van der Waals surface area contributed by atoms with E-state index in [1.54, 1.807) is 36.5 Å². The zero-order chi connectivity index (χ0) is 23.0. The molecule has 1 aliphatic rings. The standard InChI is InChI=1S/C24H21N3O5S/c1-27-15-20(19-4-2-3-5-21(19)27)24(28)25-16-6-8-17(9-7-16)26-33(29,30)18-10-11-22-23(14-18)32-13-12-31-22/h2-11,14-15,26H,12-13H2,1H3,(H,25,28). The van der Waals surface area contributed by atoms with Crippen molar-refractivity contribution in [2.75, 3.05) is 23.3 Å². The van der Waals surface area contributed by atoms with Gasteiger partial charge in [0.25, 0.3) is 15.9 Å². The van der Waals surface area contributed by atoms with Crippen molar-refractivity contribution >= 4 is 38.2 Å². The number of para-hydroxylation sites is 1. The van der Waals surface area contributed by atoms with E-state index < -0.39 is 10.0 Å². The molecule has 0 spiro atoms. The molecule has 4 aromatic rings. The Hall–Kier alpha value is -3.98. The zero-order valence-corrected chi connectivity index (χ0v) is 18.6. The van der Waals surface area contributed by atoms with Gasteiger partial charge in [-0.25, -0.2) is 8.42 Å². The maximum Gasteiger partial charge on any atom is 0.262 e. The molecule has 2 heterocycles. The van der Waals surface area contributed by atoms with Gasteiger partial charge in [0.15, 0.2) is 11.5 Å². The number of hydrogen-bond acceptors (Lipinski definition) is 5. The Morgan fingerprint density at radius 2 is 1.61 bits per heavy atom. The van der Waals surface area contributed by atoms with Crippen LogP contribution in [0.2, 0.25) is 0 Å². The van der Waals surface area contributed by atoms with Gasteiger partial charge in [0.1, 0.15) is 13.2 Å². The SMILES string of the molecule is Cn1cc(C(=O)Nc2ccc(NS(=O)(=O)c3ccc4c(c3)OCCO4)cc2)c2ccccc21. The molecule has 1 aromatic heterocycles. The summed E-state index contributed by atoms with van der Waals surface area (Å²) in [6.07, 6.45) is 1.79. The van der Waals surface area contributed by atoms with Crippen molar-refractivity contribution in [3.05, 3.63) is 78.5 Å². The number of benzene rings is 3. The van der Waals surface area contributed by atoms with Gasteiger partial charge in [-0.3, -0.25) is 9.52 Å². The molecule has 8 nitrogen and oxygen atoms in total. The monoisotopic (exact) mass is 463 g/mol. The molecule has 0 aliphatic carbocycles. The summed E-state index contributed by atoms with van der Waals surface area (Å²) < 4.78 is 40.9. The number of aryl methyl sites for hydroxylation is 1. The van der Waals surface area contributed by atoms with Crippen LogP contribution < -0.4 is 19.5 Å². The van der Waals surface area contributed by atoms with Gasteiger partial charge in [-0.1, -0.05) is 18.2 Å². The summed E-state index contributed by atoms with van der Waals surface area (Å²) in [6.45, 7) is 0.802. The van der Waals surface area contributed by atoms with Gasteiger partial charge in [0.05, 0.1) is 10.5 Å². The van der Waals surface area contributed by atoms with Crippen molar-refractivity contribution in [3.8, 4) is 11.5 Å². The van der Waals surface area contributed by atoms with Crippen LogP contribution in [-0.2, 0) is 17.1 Å². The van der Waals surface area contributed by atoms with E-state index in [1.807, 2.05) is 35.9 Å². The third-order valence-electron chi connectivity index (χ3n) is 5.36. The van der Waals surface area contributed by atoms with Crippen molar-refractivity contribution in [2.45, 2.75) is 4.90 Å². The number of ether oxygens (including phenoxy) is 2. The third-order valence-corrected chi connectivity index (χ3v) is 6.74. The number of aromatic nitrogens is 1. The van der Waals surface area contributed by atoms with E-state index >= 15 is 0 Å². The summed E-state index contributed by atoms with van der Waals surface area (Å²) in [7, 11) is -1.93. The molecule has 0 saturated heterocycles. The number of hydrogen-bond donors (Lipinski definition) is 2. The first-order valence-corrected chi connectivity index (χ1v) is 11.8. The number of sulfonamides is 1. The average Bonchev–Trinajstić information content (AvgIpc) is 3.17. The predicted octanol–water partition coefficient (Wildman–Crippen LogP) is 4.00. The van der Waals surface area contributed by atoms with E-state index in [4.69, 9.17) is 9.47 Å². The number of nitrogens with zero attached hydrogens (tertiary/aromatic N) is 1. The molecule has 0 bridgehead atoms. The number of anilines is 2. The lowest BCUT2D eigenvalue weighted by Gasteiger charge is -2.19. The van der Waals surface area contributed by atoms with E-state index in [0.717, 1.165) is 10.9 Å². The fraction of sp³-hybridized carbons (Fsp3) is 0.125. The predicted molar refractivity (Wildman–Crippen MR) is 126 cm³/mol. The molecule has 1 aliphatic heterocycles. The van der Waals surface area contributed by atoms with Crippen molar-refractivity contribution in [1.29, 1.82) is 0 Å². The third kappa shape index (κ3) is 4.10. The molecule has 168 valence electrons. The normalized spacial score (nSPS) is 13.0. The van der Waals surface area contributed by atoms with Crippen LogP contribution in [0.15, 0.2) is 77.8 Å². The van der Waals surface area contributed by atoms with E-state index in [1.165, 1.54) is 12.1 Å². The van der Waals surface area contributed by atoms with Crippen molar-refractivity contribution in [2.24, 2.45) is 7.05 Å². The Labute approximate surface area is 190 Å². The summed E-state index contributed by atoms with van der Waals surface area (Å²) >= 11 is 0. The first-order valence-electron chi connectivity index (χ1n) is 10.3. The van der Waals surface area contributed by atoms with Crippen LogP contribution in [-0.4, -0.2) is 32.1 Å². The lowest BCUT2D eigenvalue weighted by atomic mass is 10.1. The van der Waals surface area contributed by atoms with Crippen molar-refractivity contribution < 1.29 is 22.7 Å². The first kappa shape index (κ1) is 20.9. The van der Waals surface area contributed by atoms with Crippen LogP contribution in [0.1, 0.15) is 10.4 Å². The molecule has 0 fully saturated rings. The van der Waals surface area contributed by atoms with Gasteiger partial charge >= 0.3 is 0 Å². The lowest BCUT2D eigenvalue weighted by molar-refractivity contribution is 0.102. The second kappa shape index (κ2) is 8.18. The molecule has 1 amide bonds. The molecular weight excluding hydrogens is 442 g/mol. The van der Waals surface area contributed by atoms with Crippen LogP contribution in [0.5, 0.6) is 11.5 Å². The number of rotatable bonds is 5. The first-order chi connectivity index (χ1) is 15.9. The van der Waals surface area contributed by atoms with Gasteiger partial charge in [0, 0.05) is 41.6 Å². The van der Waals surface area contributed by atoms with Gasteiger partial charge in [-0.2, -0.15) is 0 Å². The van der Waals surface area contributed by atoms with Crippen molar-refractivity contribution in [3.63, 3.8) is 0 Å². The van der Waals surface area contributed by atoms with Crippen LogP contribution in [0.4, 0.5) is 11.4 Å². The minimum atomic E-state index is -3.82. The summed E-state index contributed by atoms with van der Waals surface area (Å²) in [5, 5.41) is 3.72. The molecule has 0 saturated carbocycles. The van der Waals surface area contributed by atoms with E-state index in [0.29, 0.717) is 41.7 Å². The summed E-state index contributed by atoms with van der Waals surface area (Å²) in [6, 6.07) is 18.6. The number of fused-ring (bicyclic) bond motifs is 2. The summed E-state index contributed by atoms with van der Waals surface area (Å²) in [5.41, 5.74) is 2.45. The number of carbonyl (C=O) groups excluding carboxylic acids is 1. The maximum atomic E-state index is 12.8. The van der Waals surface area contributed by atoms with Crippen LogP contribution >= 0.6 is 0 Å². The number of amides is 1. The average molecular weight is 464 g/mol.